The van der Waals surface area contributed by atoms with Crippen LogP contribution in [0.5, 0.6) is 5.88 Å². The third-order valence-corrected chi connectivity index (χ3v) is 7.42. The lowest BCUT2D eigenvalue weighted by Crippen LogP contribution is -2.39. The van der Waals surface area contributed by atoms with Gasteiger partial charge >= 0.3 is 0 Å². The Morgan fingerprint density at radius 3 is 2.58 bits per heavy atom. The second-order valence-corrected chi connectivity index (χ2v) is 10.1. The van der Waals surface area contributed by atoms with E-state index in [0.717, 1.165) is 42.7 Å². The van der Waals surface area contributed by atoms with Gasteiger partial charge in [-0.1, -0.05) is 30.3 Å². The fourth-order valence-electron chi connectivity index (χ4n) is 5.36. The van der Waals surface area contributed by atoms with Crippen molar-refractivity contribution in [1.82, 2.24) is 25.1 Å². The van der Waals surface area contributed by atoms with Gasteiger partial charge in [0.05, 0.1) is 24.4 Å². The van der Waals surface area contributed by atoms with E-state index in [1.165, 1.54) is 29.5 Å². The van der Waals surface area contributed by atoms with Gasteiger partial charge in [-0.3, -0.25) is 0 Å². The number of benzene rings is 2. The van der Waals surface area contributed by atoms with Crippen LogP contribution in [-0.4, -0.2) is 45.0 Å². The Hall–Kier alpha value is -3.29. The summed E-state index contributed by atoms with van der Waals surface area (Å²) in [4.78, 5) is 9.24. The lowest BCUT2D eigenvalue weighted by molar-refractivity contribution is -0.0695. The molecule has 6 rings (SSSR count). The normalized spacial score (nSPS) is 20.4. The maximum absolute atomic E-state index is 6.22. The molecule has 1 aliphatic heterocycles. The molecule has 2 aromatic carbocycles. The van der Waals surface area contributed by atoms with Gasteiger partial charge in [0.15, 0.2) is 5.82 Å². The van der Waals surface area contributed by atoms with E-state index >= 15 is 0 Å². The van der Waals surface area contributed by atoms with Crippen molar-refractivity contribution in [3.05, 3.63) is 77.2 Å². The number of rotatable bonds is 7. The van der Waals surface area contributed by atoms with Crippen molar-refractivity contribution in [2.45, 2.75) is 64.3 Å². The molecule has 0 radical (unpaired) electrons. The van der Waals surface area contributed by atoms with E-state index in [4.69, 9.17) is 19.6 Å². The van der Waals surface area contributed by atoms with Crippen LogP contribution in [0.2, 0.25) is 0 Å². The molecule has 0 bridgehead atoms. The molecule has 0 spiro atoms. The monoisotopic (exact) mass is 483 g/mol. The van der Waals surface area contributed by atoms with Crippen molar-refractivity contribution in [1.29, 1.82) is 0 Å². The van der Waals surface area contributed by atoms with Crippen molar-refractivity contribution < 1.29 is 9.47 Å². The summed E-state index contributed by atoms with van der Waals surface area (Å²) in [6.45, 7) is 6.91. The van der Waals surface area contributed by atoms with E-state index in [9.17, 15) is 0 Å². The summed E-state index contributed by atoms with van der Waals surface area (Å²) < 4.78 is 14.2. The van der Waals surface area contributed by atoms with Crippen LogP contribution >= 0.6 is 0 Å². The second kappa shape index (κ2) is 9.99. The summed E-state index contributed by atoms with van der Waals surface area (Å²) in [7, 11) is 0. The third-order valence-electron chi connectivity index (χ3n) is 7.42. The van der Waals surface area contributed by atoms with Gasteiger partial charge in [0.25, 0.3) is 0 Å². The zero-order valence-corrected chi connectivity index (χ0v) is 21.0. The SMILES string of the molecule is Cc1nc(OC2CC(OCc3ccccc3)C2)cc(-n2ncc3cc(C)c(C4CCNCC4)cc32)n1. The summed E-state index contributed by atoms with van der Waals surface area (Å²) in [5, 5.41) is 9.29. The van der Waals surface area contributed by atoms with Crippen molar-refractivity contribution >= 4 is 10.9 Å². The topological polar surface area (TPSA) is 74.1 Å². The van der Waals surface area contributed by atoms with Crippen LogP contribution in [-0.2, 0) is 11.3 Å². The summed E-state index contributed by atoms with van der Waals surface area (Å²) >= 11 is 0. The molecule has 4 aromatic rings. The summed E-state index contributed by atoms with van der Waals surface area (Å²) in [6.07, 6.45) is 6.34. The highest BCUT2D eigenvalue weighted by atomic mass is 16.5. The molecule has 1 saturated carbocycles. The average molecular weight is 484 g/mol. The number of piperidine rings is 1. The number of hydrogen-bond donors (Lipinski definition) is 1. The summed E-state index contributed by atoms with van der Waals surface area (Å²) in [5.41, 5.74) is 5.04. The molecule has 36 heavy (non-hydrogen) atoms. The van der Waals surface area contributed by atoms with Gasteiger partial charge < -0.3 is 14.8 Å². The molecule has 7 nitrogen and oxygen atoms in total. The Morgan fingerprint density at radius 1 is 0.972 bits per heavy atom. The van der Waals surface area contributed by atoms with Crippen molar-refractivity contribution in [3.63, 3.8) is 0 Å². The molecule has 0 unspecified atom stereocenters. The quantitative estimate of drug-likeness (QED) is 0.398. The van der Waals surface area contributed by atoms with Crippen LogP contribution in [0.4, 0.5) is 0 Å². The first-order valence-corrected chi connectivity index (χ1v) is 13.0. The molecule has 0 amide bonds. The first-order valence-electron chi connectivity index (χ1n) is 13.0. The number of ether oxygens (including phenoxy) is 2. The number of hydrogen-bond acceptors (Lipinski definition) is 6. The molecule has 2 aliphatic rings. The Morgan fingerprint density at radius 2 is 1.78 bits per heavy atom. The highest BCUT2D eigenvalue weighted by Crippen LogP contribution is 2.33. The minimum atomic E-state index is 0.108. The molecule has 186 valence electrons. The van der Waals surface area contributed by atoms with Crippen LogP contribution < -0.4 is 10.1 Å². The lowest BCUT2D eigenvalue weighted by atomic mass is 9.87. The van der Waals surface area contributed by atoms with Gasteiger partial charge in [0, 0.05) is 24.3 Å². The number of fused-ring (bicyclic) bond motifs is 1. The molecule has 1 aliphatic carbocycles. The second-order valence-electron chi connectivity index (χ2n) is 10.1. The third kappa shape index (κ3) is 4.86. The fraction of sp³-hybridized carbons (Fsp3) is 0.414. The Balaban J connectivity index is 1.17. The highest BCUT2D eigenvalue weighted by Gasteiger charge is 2.32. The minimum absolute atomic E-state index is 0.108. The predicted octanol–water partition coefficient (Wildman–Crippen LogP) is 5.03. The highest BCUT2D eigenvalue weighted by molar-refractivity contribution is 5.82. The molecular weight excluding hydrogens is 450 g/mol. The zero-order valence-electron chi connectivity index (χ0n) is 21.0. The Kier molecular flexibility index (Phi) is 6.42. The molecule has 3 heterocycles. The van der Waals surface area contributed by atoms with E-state index in [1.54, 1.807) is 0 Å². The van der Waals surface area contributed by atoms with E-state index in [0.29, 0.717) is 24.2 Å². The minimum Gasteiger partial charge on any atom is -0.474 e. The van der Waals surface area contributed by atoms with Gasteiger partial charge in [-0.05, 0) is 74.5 Å². The molecule has 0 atom stereocenters. The summed E-state index contributed by atoms with van der Waals surface area (Å²) in [6, 6.07) is 16.8. The number of nitrogens with one attached hydrogen (secondary N) is 1. The Labute approximate surface area is 211 Å². The van der Waals surface area contributed by atoms with E-state index in [1.807, 2.05) is 42.1 Å². The van der Waals surface area contributed by atoms with Crippen LogP contribution in [0.25, 0.3) is 16.7 Å². The van der Waals surface area contributed by atoms with Crippen molar-refractivity contribution in [2.24, 2.45) is 0 Å². The Bertz CT molecular complexity index is 1340. The van der Waals surface area contributed by atoms with Gasteiger partial charge in [-0.15, -0.1) is 0 Å². The van der Waals surface area contributed by atoms with Gasteiger partial charge in [-0.25, -0.2) is 9.67 Å². The summed E-state index contributed by atoms with van der Waals surface area (Å²) in [5.74, 6) is 2.59. The maximum Gasteiger partial charge on any atom is 0.219 e. The van der Waals surface area contributed by atoms with Crippen LogP contribution in [0.15, 0.2) is 54.7 Å². The van der Waals surface area contributed by atoms with E-state index < -0.39 is 0 Å². The molecule has 1 saturated heterocycles. The fourth-order valence-corrected chi connectivity index (χ4v) is 5.36. The first kappa shape index (κ1) is 23.1. The molecular formula is C29H33N5O2. The maximum atomic E-state index is 6.22. The lowest BCUT2D eigenvalue weighted by Gasteiger charge is -2.34. The van der Waals surface area contributed by atoms with Crippen LogP contribution in [0.3, 0.4) is 0 Å². The molecule has 2 fully saturated rings. The van der Waals surface area contributed by atoms with Crippen LogP contribution in [0, 0.1) is 13.8 Å². The zero-order chi connectivity index (χ0) is 24.5. The first-order chi connectivity index (χ1) is 17.6. The van der Waals surface area contributed by atoms with E-state index in [2.05, 4.69) is 41.5 Å². The number of nitrogens with zero attached hydrogens (tertiary/aromatic N) is 4. The predicted molar refractivity (Wildman–Crippen MR) is 140 cm³/mol. The molecule has 7 heteroatoms. The van der Waals surface area contributed by atoms with Crippen molar-refractivity contribution in [2.75, 3.05) is 13.1 Å². The largest absolute Gasteiger partial charge is 0.474 e. The average Bonchev–Trinajstić information content (AvgIpc) is 3.28. The standard InChI is InChI=1S/C29H33N5O2/c1-19-12-23-17-31-34(27(23)15-26(19)22-8-10-30-11-9-22)28-16-29(33-20(2)32-28)36-25-13-24(14-25)35-18-21-6-4-3-5-7-21/h3-7,12,15-17,22,24-25,30H,8-11,13-14,18H2,1-2H3. The number of aromatic nitrogens is 4. The van der Waals surface area contributed by atoms with Gasteiger partial charge in [-0.2, -0.15) is 10.1 Å². The number of aryl methyl sites for hydroxylation is 2. The van der Waals surface area contributed by atoms with Gasteiger partial charge in [0.2, 0.25) is 5.88 Å². The molecule has 1 N–H and O–H groups in total. The van der Waals surface area contributed by atoms with E-state index in [-0.39, 0.29) is 12.2 Å². The molecule has 2 aromatic heterocycles. The van der Waals surface area contributed by atoms with Crippen LogP contribution in [0.1, 0.15) is 54.1 Å². The smallest absolute Gasteiger partial charge is 0.219 e. The van der Waals surface area contributed by atoms with Crippen molar-refractivity contribution in [3.8, 4) is 11.7 Å². The van der Waals surface area contributed by atoms with Gasteiger partial charge in [0.1, 0.15) is 11.9 Å².